The molecule has 134 valence electrons. The van der Waals surface area contributed by atoms with Crippen LogP contribution in [0.15, 0.2) is 22.7 Å². The molecule has 0 atom stereocenters. The Balaban J connectivity index is 2.61. The Bertz CT molecular complexity index is 622. The van der Waals surface area contributed by atoms with Crippen LogP contribution >= 0.6 is 23.5 Å². The minimum absolute atomic E-state index is 0.142. The van der Waals surface area contributed by atoms with Gasteiger partial charge in [-0.3, -0.25) is 14.2 Å². The second-order valence-corrected chi connectivity index (χ2v) is 7.45. The molecule has 1 aromatic carbocycles. The first-order valence-corrected chi connectivity index (χ1v) is 9.77. The monoisotopic (exact) mass is 422 g/mol. The van der Waals surface area contributed by atoms with E-state index in [2.05, 4.69) is 15.9 Å². The third-order valence-electron chi connectivity index (χ3n) is 2.81. The van der Waals surface area contributed by atoms with Gasteiger partial charge in [0.1, 0.15) is 11.9 Å². The predicted octanol–water partition coefficient (Wildman–Crippen LogP) is 3.45. The van der Waals surface area contributed by atoms with Crippen molar-refractivity contribution >= 4 is 35.3 Å². The maximum Gasteiger partial charge on any atom is 0.341 e. The minimum Gasteiger partial charge on any atom is -0.496 e. The van der Waals surface area contributed by atoms with Gasteiger partial charge in [-0.2, -0.15) is 0 Å². The molecule has 0 aliphatic rings. The van der Waals surface area contributed by atoms with Crippen molar-refractivity contribution in [3.8, 4) is 5.75 Å². The maximum absolute atomic E-state index is 12.2. The van der Waals surface area contributed by atoms with E-state index in [-0.39, 0.29) is 13.2 Å². The van der Waals surface area contributed by atoms with Gasteiger partial charge in [-0.1, -0.05) is 0 Å². The highest BCUT2D eigenvalue weighted by atomic mass is 79.9. The van der Waals surface area contributed by atoms with Crippen molar-refractivity contribution in [2.75, 3.05) is 33.1 Å². The van der Waals surface area contributed by atoms with Crippen molar-refractivity contribution in [2.45, 2.75) is 13.8 Å². The van der Waals surface area contributed by atoms with Gasteiger partial charge in [0.15, 0.2) is 12.4 Å². The SMILES string of the molecule is CCOP(=O)(CC(=O)OCC(=O)c1ccc(OC)c(Br)c1)OCC. The maximum atomic E-state index is 12.2. The Labute approximate surface area is 149 Å². The van der Waals surface area contributed by atoms with E-state index in [0.717, 1.165) is 0 Å². The molecule has 0 aliphatic carbocycles. The van der Waals surface area contributed by atoms with Crippen LogP contribution in [0.1, 0.15) is 24.2 Å². The first kappa shape index (κ1) is 20.8. The Kier molecular flexibility index (Phi) is 8.62. The fraction of sp³-hybridized carbons (Fsp3) is 0.467. The average molecular weight is 423 g/mol. The summed E-state index contributed by atoms with van der Waals surface area (Å²) >= 11 is 3.27. The van der Waals surface area contributed by atoms with Gasteiger partial charge in [0.05, 0.1) is 24.8 Å². The molecule has 0 radical (unpaired) electrons. The molecule has 24 heavy (non-hydrogen) atoms. The van der Waals surface area contributed by atoms with Gasteiger partial charge in [-0.05, 0) is 48.0 Å². The summed E-state index contributed by atoms with van der Waals surface area (Å²) in [6, 6.07) is 4.75. The van der Waals surface area contributed by atoms with E-state index in [9.17, 15) is 14.2 Å². The van der Waals surface area contributed by atoms with E-state index in [1.54, 1.807) is 32.0 Å². The molecule has 0 aliphatic heterocycles. The highest BCUT2D eigenvalue weighted by molar-refractivity contribution is 9.10. The Morgan fingerprint density at radius 2 is 1.79 bits per heavy atom. The third-order valence-corrected chi connectivity index (χ3v) is 5.38. The number of ketones is 1. The van der Waals surface area contributed by atoms with E-state index in [0.29, 0.717) is 15.8 Å². The molecule has 1 aromatic rings. The molecule has 0 fully saturated rings. The van der Waals surface area contributed by atoms with Crippen LogP contribution in [0.5, 0.6) is 5.75 Å². The molecule has 0 amide bonds. The second-order valence-electron chi connectivity index (χ2n) is 4.54. The van der Waals surface area contributed by atoms with E-state index < -0.39 is 32.1 Å². The summed E-state index contributed by atoms with van der Waals surface area (Å²) in [4.78, 5) is 23.8. The van der Waals surface area contributed by atoms with Crippen LogP contribution in [0.2, 0.25) is 0 Å². The zero-order valence-corrected chi connectivity index (χ0v) is 16.2. The number of benzene rings is 1. The predicted molar refractivity (Wildman–Crippen MR) is 91.7 cm³/mol. The van der Waals surface area contributed by atoms with Crippen molar-refractivity contribution in [2.24, 2.45) is 0 Å². The van der Waals surface area contributed by atoms with E-state index in [1.165, 1.54) is 7.11 Å². The molecule has 0 bridgehead atoms. The summed E-state index contributed by atoms with van der Waals surface area (Å²) in [6.07, 6.45) is -0.533. The summed E-state index contributed by atoms with van der Waals surface area (Å²) in [5.74, 6) is -0.631. The number of ether oxygens (including phenoxy) is 2. The molecule has 0 aromatic heterocycles. The molecule has 1 rings (SSSR count). The summed E-state index contributed by atoms with van der Waals surface area (Å²) in [6.45, 7) is 3.10. The van der Waals surface area contributed by atoms with Crippen molar-refractivity contribution < 1.29 is 32.7 Å². The number of hydrogen-bond acceptors (Lipinski definition) is 7. The zero-order chi connectivity index (χ0) is 18.2. The lowest BCUT2D eigenvalue weighted by atomic mass is 10.1. The van der Waals surface area contributed by atoms with Crippen LogP contribution in [0.4, 0.5) is 0 Å². The van der Waals surface area contributed by atoms with Crippen LogP contribution < -0.4 is 4.74 Å². The molecule has 0 saturated carbocycles. The number of halogens is 1. The first-order valence-electron chi connectivity index (χ1n) is 7.25. The number of esters is 1. The van der Waals surface area contributed by atoms with Crippen molar-refractivity contribution in [3.05, 3.63) is 28.2 Å². The van der Waals surface area contributed by atoms with Gasteiger partial charge in [-0.25, -0.2) is 0 Å². The number of hydrogen-bond donors (Lipinski definition) is 0. The van der Waals surface area contributed by atoms with Crippen LogP contribution in [0.3, 0.4) is 0 Å². The van der Waals surface area contributed by atoms with Crippen LogP contribution in [0.25, 0.3) is 0 Å². The summed E-state index contributed by atoms with van der Waals surface area (Å²) in [5, 5.41) is 0. The van der Waals surface area contributed by atoms with Crippen LogP contribution in [-0.4, -0.2) is 44.8 Å². The number of carbonyl (C=O) groups excluding carboxylic acids is 2. The molecule has 0 spiro atoms. The van der Waals surface area contributed by atoms with Crippen LogP contribution in [0, 0.1) is 0 Å². The first-order chi connectivity index (χ1) is 11.3. The number of carbonyl (C=O) groups is 2. The smallest absolute Gasteiger partial charge is 0.341 e. The summed E-state index contributed by atoms with van der Waals surface area (Å²) in [5.41, 5.74) is 0.355. The van der Waals surface area contributed by atoms with Crippen molar-refractivity contribution in [1.82, 2.24) is 0 Å². The van der Waals surface area contributed by atoms with Gasteiger partial charge in [0.25, 0.3) is 0 Å². The minimum atomic E-state index is -3.54. The summed E-state index contributed by atoms with van der Waals surface area (Å²) < 4.78 is 32.8. The highest BCUT2D eigenvalue weighted by Crippen LogP contribution is 2.47. The molecular weight excluding hydrogens is 403 g/mol. The normalized spacial score (nSPS) is 11.2. The zero-order valence-electron chi connectivity index (χ0n) is 13.7. The molecule has 0 saturated heterocycles. The average Bonchev–Trinajstić information content (AvgIpc) is 2.52. The fourth-order valence-electron chi connectivity index (χ4n) is 1.79. The van der Waals surface area contributed by atoms with Gasteiger partial charge >= 0.3 is 13.6 Å². The van der Waals surface area contributed by atoms with Gasteiger partial charge in [0.2, 0.25) is 0 Å². The molecule has 9 heteroatoms. The Morgan fingerprint density at radius 3 is 2.29 bits per heavy atom. The molecule has 0 unspecified atom stereocenters. The number of methoxy groups -OCH3 is 1. The molecule has 0 heterocycles. The highest BCUT2D eigenvalue weighted by Gasteiger charge is 2.29. The lowest BCUT2D eigenvalue weighted by Gasteiger charge is -2.15. The molecule has 7 nitrogen and oxygen atoms in total. The van der Waals surface area contributed by atoms with Crippen molar-refractivity contribution in [3.63, 3.8) is 0 Å². The summed E-state index contributed by atoms with van der Waals surface area (Å²) in [7, 11) is -2.02. The quantitative estimate of drug-likeness (QED) is 0.324. The molecular formula is C15H20BrO7P. The van der Waals surface area contributed by atoms with Crippen molar-refractivity contribution in [1.29, 1.82) is 0 Å². The fourth-order valence-corrected chi connectivity index (χ4v) is 3.79. The largest absolute Gasteiger partial charge is 0.496 e. The van der Waals surface area contributed by atoms with Gasteiger partial charge in [0, 0.05) is 5.56 Å². The molecule has 0 N–H and O–H groups in total. The lowest BCUT2D eigenvalue weighted by Crippen LogP contribution is -2.18. The topological polar surface area (TPSA) is 88.1 Å². The Morgan fingerprint density at radius 1 is 1.17 bits per heavy atom. The van der Waals surface area contributed by atoms with E-state index in [4.69, 9.17) is 18.5 Å². The standard InChI is InChI=1S/C15H20BrO7P/c1-4-22-24(19,23-5-2)10-15(18)21-9-13(17)11-6-7-14(20-3)12(16)8-11/h6-8H,4-5,9-10H2,1-3H3. The van der Waals surface area contributed by atoms with Crippen LogP contribution in [-0.2, 0) is 23.1 Å². The number of Topliss-reactive ketones (excluding diaryl/α,β-unsaturated/α-hetero) is 1. The van der Waals surface area contributed by atoms with E-state index in [1.807, 2.05) is 0 Å². The van der Waals surface area contributed by atoms with E-state index >= 15 is 0 Å². The van der Waals surface area contributed by atoms with Gasteiger partial charge in [-0.15, -0.1) is 0 Å². The third kappa shape index (κ3) is 6.36. The number of rotatable bonds is 10. The Hall–Kier alpha value is -1.21. The van der Waals surface area contributed by atoms with Gasteiger partial charge < -0.3 is 18.5 Å². The second kappa shape index (κ2) is 9.93. The lowest BCUT2D eigenvalue weighted by molar-refractivity contribution is -0.139.